The Morgan fingerprint density at radius 3 is 2.88 bits per heavy atom. The van der Waals surface area contributed by atoms with E-state index in [4.69, 9.17) is 4.42 Å². The molecule has 0 aliphatic heterocycles. The summed E-state index contributed by atoms with van der Waals surface area (Å²) in [4.78, 5) is 21.9. The SMILES string of the molecule is O=C/C=C/c1coc2ccc(F)cc2c1=O. The van der Waals surface area contributed by atoms with Gasteiger partial charge in [0, 0.05) is 0 Å². The molecule has 0 saturated carbocycles. The molecule has 0 unspecified atom stereocenters. The third-order valence-corrected chi connectivity index (χ3v) is 2.12. The number of rotatable bonds is 2. The molecule has 1 aromatic heterocycles. The van der Waals surface area contributed by atoms with E-state index in [-0.39, 0.29) is 16.4 Å². The monoisotopic (exact) mass is 218 g/mol. The molecular formula is C12H7FO3. The van der Waals surface area contributed by atoms with E-state index in [0.29, 0.717) is 11.9 Å². The summed E-state index contributed by atoms with van der Waals surface area (Å²) in [7, 11) is 0. The van der Waals surface area contributed by atoms with Crippen LogP contribution in [0.25, 0.3) is 17.0 Å². The van der Waals surface area contributed by atoms with Gasteiger partial charge in [0.15, 0.2) is 5.43 Å². The van der Waals surface area contributed by atoms with Crippen LogP contribution >= 0.6 is 0 Å². The highest BCUT2D eigenvalue weighted by Gasteiger charge is 2.05. The Balaban J connectivity index is 2.73. The average Bonchev–Trinajstić information content (AvgIpc) is 2.29. The van der Waals surface area contributed by atoms with Crippen molar-refractivity contribution in [1.82, 2.24) is 0 Å². The summed E-state index contributed by atoms with van der Waals surface area (Å²) in [5.41, 5.74) is 0.165. The minimum Gasteiger partial charge on any atom is -0.463 e. The molecule has 0 bridgehead atoms. The first kappa shape index (κ1) is 10.3. The Morgan fingerprint density at radius 1 is 1.31 bits per heavy atom. The van der Waals surface area contributed by atoms with Crippen molar-refractivity contribution >= 4 is 23.3 Å². The first-order valence-electron chi connectivity index (χ1n) is 4.55. The van der Waals surface area contributed by atoms with Gasteiger partial charge in [-0.15, -0.1) is 0 Å². The third kappa shape index (κ3) is 1.77. The van der Waals surface area contributed by atoms with Gasteiger partial charge in [-0.05, 0) is 30.4 Å². The second-order valence-corrected chi connectivity index (χ2v) is 3.16. The van der Waals surface area contributed by atoms with Crippen LogP contribution in [0.4, 0.5) is 4.39 Å². The number of benzene rings is 1. The van der Waals surface area contributed by atoms with Crippen molar-refractivity contribution in [2.75, 3.05) is 0 Å². The molecule has 2 aromatic rings. The second kappa shape index (κ2) is 4.10. The summed E-state index contributed by atoms with van der Waals surface area (Å²) < 4.78 is 18.1. The van der Waals surface area contributed by atoms with E-state index in [9.17, 15) is 14.0 Å². The van der Waals surface area contributed by atoms with E-state index in [0.717, 1.165) is 6.07 Å². The first-order valence-corrected chi connectivity index (χ1v) is 4.55. The summed E-state index contributed by atoms with van der Waals surface area (Å²) in [6.07, 6.45) is 4.29. The third-order valence-electron chi connectivity index (χ3n) is 2.12. The number of aldehydes is 1. The smallest absolute Gasteiger partial charge is 0.199 e. The molecule has 1 aromatic carbocycles. The van der Waals surface area contributed by atoms with Crippen LogP contribution < -0.4 is 5.43 Å². The molecule has 0 amide bonds. The molecule has 0 atom stereocenters. The van der Waals surface area contributed by atoms with Crippen molar-refractivity contribution in [3.05, 3.63) is 52.1 Å². The summed E-state index contributed by atoms with van der Waals surface area (Å²) in [5.74, 6) is -0.503. The largest absolute Gasteiger partial charge is 0.463 e. The molecule has 1 heterocycles. The lowest BCUT2D eigenvalue weighted by molar-refractivity contribution is -0.104. The number of hydrogen-bond donors (Lipinski definition) is 0. The molecule has 0 radical (unpaired) electrons. The molecule has 0 N–H and O–H groups in total. The van der Waals surface area contributed by atoms with E-state index in [1.165, 1.54) is 30.5 Å². The maximum Gasteiger partial charge on any atom is 0.199 e. The topological polar surface area (TPSA) is 47.3 Å². The molecule has 0 saturated heterocycles. The summed E-state index contributed by atoms with van der Waals surface area (Å²) >= 11 is 0. The molecule has 0 aliphatic carbocycles. The highest BCUT2D eigenvalue weighted by atomic mass is 19.1. The maximum atomic E-state index is 12.9. The highest BCUT2D eigenvalue weighted by Crippen LogP contribution is 2.13. The standard InChI is InChI=1S/C12H7FO3/c13-9-3-4-11-10(6-9)12(15)8(7-16-11)2-1-5-14/h1-7H/b2-1+. The molecule has 0 aliphatic rings. The number of carbonyl (C=O) groups excluding carboxylic acids is 1. The van der Waals surface area contributed by atoms with E-state index in [1.807, 2.05) is 0 Å². The zero-order valence-corrected chi connectivity index (χ0v) is 8.14. The molecular weight excluding hydrogens is 211 g/mol. The minimum absolute atomic E-state index is 0.160. The average molecular weight is 218 g/mol. The molecule has 0 spiro atoms. The van der Waals surface area contributed by atoms with Gasteiger partial charge in [-0.2, -0.15) is 0 Å². The van der Waals surface area contributed by atoms with Gasteiger partial charge in [0.05, 0.1) is 10.9 Å². The predicted molar refractivity (Wildman–Crippen MR) is 57.5 cm³/mol. The lowest BCUT2D eigenvalue weighted by Gasteiger charge is -1.97. The van der Waals surface area contributed by atoms with Gasteiger partial charge in [-0.1, -0.05) is 0 Å². The Labute approximate surface area is 89.8 Å². The predicted octanol–water partition coefficient (Wildman–Crippen LogP) is 2.14. The Bertz CT molecular complexity index is 626. The second-order valence-electron chi connectivity index (χ2n) is 3.16. The molecule has 3 nitrogen and oxygen atoms in total. The fourth-order valence-corrected chi connectivity index (χ4v) is 1.38. The quantitative estimate of drug-likeness (QED) is 0.573. The summed E-state index contributed by atoms with van der Waals surface area (Å²) in [6.45, 7) is 0. The number of fused-ring (bicyclic) bond motifs is 1. The van der Waals surface area contributed by atoms with E-state index in [2.05, 4.69) is 0 Å². The van der Waals surface area contributed by atoms with Crippen molar-refractivity contribution in [3.63, 3.8) is 0 Å². The van der Waals surface area contributed by atoms with Gasteiger partial charge in [-0.3, -0.25) is 9.59 Å². The van der Waals surface area contributed by atoms with Crippen molar-refractivity contribution < 1.29 is 13.6 Å². The Kier molecular flexibility index (Phi) is 2.64. The first-order chi connectivity index (χ1) is 7.72. The fourth-order valence-electron chi connectivity index (χ4n) is 1.38. The van der Waals surface area contributed by atoms with Crippen LogP contribution in [0, 0.1) is 5.82 Å². The van der Waals surface area contributed by atoms with Crippen LogP contribution in [0.5, 0.6) is 0 Å². The minimum atomic E-state index is -0.503. The highest BCUT2D eigenvalue weighted by molar-refractivity contribution is 5.80. The number of hydrogen-bond acceptors (Lipinski definition) is 3. The van der Waals surface area contributed by atoms with Crippen molar-refractivity contribution in [2.45, 2.75) is 0 Å². The summed E-state index contributed by atoms with van der Waals surface area (Å²) in [6, 6.07) is 3.71. The van der Waals surface area contributed by atoms with Crippen LogP contribution in [0.2, 0.25) is 0 Å². The van der Waals surface area contributed by atoms with Crippen LogP contribution in [0.15, 0.2) is 39.7 Å². The molecule has 16 heavy (non-hydrogen) atoms. The lowest BCUT2D eigenvalue weighted by Crippen LogP contribution is -2.04. The lowest BCUT2D eigenvalue weighted by atomic mass is 10.1. The van der Waals surface area contributed by atoms with Gasteiger partial charge in [0.1, 0.15) is 23.9 Å². The van der Waals surface area contributed by atoms with Crippen molar-refractivity contribution in [3.8, 4) is 0 Å². The van der Waals surface area contributed by atoms with Crippen LogP contribution in [0.1, 0.15) is 5.56 Å². The van der Waals surface area contributed by atoms with Gasteiger partial charge < -0.3 is 4.42 Å². The van der Waals surface area contributed by atoms with E-state index < -0.39 is 5.82 Å². The number of halogens is 1. The van der Waals surface area contributed by atoms with Gasteiger partial charge in [0.25, 0.3) is 0 Å². The summed E-state index contributed by atoms with van der Waals surface area (Å²) in [5, 5.41) is 0.160. The van der Waals surface area contributed by atoms with Crippen LogP contribution in [0.3, 0.4) is 0 Å². The van der Waals surface area contributed by atoms with Crippen LogP contribution in [-0.2, 0) is 4.79 Å². The van der Waals surface area contributed by atoms with Gasteiger partial charge in [0.2, 0.25) is 0 Å². The maximum absolute atomic E-state index is 12.9. The van der Waals surface area contributed by atoms with Crippen molar-refractivity contribution in [1.29, 1.82) is 0 Å². The van der Waals surface area contributed by atoms with E-state index in [1.54, 1.807) is 0 Å². The van der Waals surface area contributed by atoms with Gasteiger partial charge in [-0.25, -0.2) is 4.39 Å². The Morgan fingerprint density at radius 2 is 2.12 bits per heavy atom. The fraction of sp³-hybridized carbons (Fsp3) is 0. The zero-order valence-electron chi connectivity index (χ0n) is 8.14. The number of carbonyl (C=O) groups is 1. The number of allylic oxidation sites excluding steroid dienone is 1. The normalized spacial score (nSPS) is 11.1. The molecule has 2 rings (SSSR count). The Hall–Kier alpha value is -2.23. The van der Waals surface area contributed by atoms with Gasteiger partial charge >= 0.3 is 0 Å². The van der Waals surface area contributed by atoms with E-state index >= 15 is 0 Å². The van der Waals surface area contributed by atoms with Crippen LogP contribution in [-0.4, -0.2) is 6.29 Å². The molecule has 0 fully saturated rings. The molecule has 80 valence electrons. The van der Waals surface area contributed by atoms with Crippen molar-refractivity contribution in [2.24, 2.45) is 0 Å². The zero-order chi connectivity index (χ0) is 11.5. The molecule has 4 heteroatoms.